The summed E-state index contributed by atoms with van der Waals surface area (Å²) in [6.45, 7) is 8.53. The summed E-state index contributed by atoms with van der Waals surface area (Å²) in [5.41, 5.74) is 2.63. The number of ether oxygens (including phenoxy) is 3. The van der Waals surface area contributed by atoms with Crippen molar-refractivity contribution in [3.05, 3.63) is 75.9 Å². The molecule has 1 heterocycles. The standard InChI is InChI=1S/C22H20BrNO4/c1-4-26-20-11-15(8-9-19(20)27-13-14(2)3)10-18-22(25)28-21(24-18)16-6-5-7-17(23)12-16/h5-12H,2,4,13H2,1,3H3. The minimum Gasteiger partial charge on any atom is -0.490 e. The molecule has 0 saturated heterocycles. The zero-order chi connectivity index (χ0) is 20.1. The van der Waals surface area contributed by atoms with E-state index in [-0.39, 0.29) is 11.6 Å². The topological polar surface area (TPSA) is 57.1 Å². The number of rotatable bonds is 7. The maximum atomic E-state index is 12.2. The molecule has 0 aliphatic carbocycles. The first kappa shape index (κ1) is 19.9. The van der Waals surface area contributed by atoms with Crippen molar-refractivity contribution in [1.82, 2.24) is 0 Å². The molecule has 0 radical (unpaired) electrons. The van der Waals surface area contributed by atoms with Crippen LogP contribution >= 0.6 is 15.9 Å². The Labute approximate surface area is 172 Å². The lowest BCUT2D eigenvalue weighted by Gasteiger charge is -2.12. The maximum Gasteiger partial charge on any atom is 0.363 e. The monoisotopic (exact) mass is 441 g/mol. The van der Waals surface area contributed by atoms with Crippen LogP contribution < -0.4 is 9.47 Å². The molecular weight excluding hydrogens is 422 g/mol. The molecule has 144 valence electrons. The van der Waals surface area contributed by atoms with E-state index in [0.717, 1.165) is 21.2 Å². The van der Waals surface area contributed by atoms with Gasteiger partial charge in [-0.1, -0.05) is 34.6 Å². The molecule has 1 aliphatic heterocycles. The summed E-state index contributed by atoms with van der Waals surface area (Å²) in [5, 5.41) is 0. The van der Waals surface area contributed by atoms with E-state index >= 15 is 0 Å². The number of carbonyl (C=O) groups is 1. The second-order valence-corrected chi connectivity index (χ2v) is 7.15. The second kappa shape index (κ2) is 8.89. The molecule has 0 bridgehead atoms. The highest BCUT2D eigenvalue weighted by Crippen LogP contribution is 2.30. The normalized spacial score (nSPS) is 14.6. The van der Waals surface area contributed by atoms with Gasteiger partial charge in [0.1, 0.15) is 6.61 Å². The summed E-state index contributed by atoms with van der Waals surface area (Å²) in [6, 6.07) is 12.9. The summed E-state index contributed by atoms with van der Waals surface area (Å²) < 4.78 is 17.6. The lowest BCUT2D eigenvalue weighted by atomic mass is 10.1. The third-order valence-electron chi connectivity index (χ3n) is 3.74. The number of cyclic esters (lactones) is 1. The number of benzene rings is 2. The molecule has 6 heteroatoms. The first-order valence-electron chi connectivity index (χ1n) is 8.79. The fourth-order valence-corrected chi connectivity index (χ4v) is 2.91. The average molecular weight is 442 g/mol. The number of aliphatic imine (C=N–C) groups is 1. The van der Waals surface area contributed by atoms with Crippen LogP contribution in [0, 0.1) is 0 Å². The molecule has 0 amide bonds. The van der Waals surface area contributed by atoms with Crippen molar-refractivity contribution in [2.45, 2.75) is 13.8 Å². The Hall–Kier alpha value is -2.86. The lowest BCUT2D eigenvalue weighted by Crippen LogP contribution is -2.05. The molecule has 0 N–H and O–H groups in total. The van der Waals surface area contributed by atoms with Crippen LogP contribution in [0.15, 0.2) is 69.8 Å². The van der Waals surface area contributed by atoms with E-state index in [9.17, 15) is 4.79 Å². The van der Waals surface area contributed by atoms with Gasteiger partial charge in [0.15, 0.2) is 17.2 Å². The van der Waals surface area contributed by atoms with Crippen LogP contribution in [0.3, 0.4) is 0 Å². The van der Waals surface area contributed by atoms with Crippen molar-refractivity contribution in [2.75, 3.05) is 13.2 Å². The fraction of sp³-hybridized carbons (Fsp3) is 0.182. The fourth-order valence-electron chi connectivity index (χ4n) is 2.51. The molecule has 0 saturated carbocycles. The van der Waals surface area contributed by atoms with Crippen molar-refractivity contribution in [2.24, 2.45) is 4.99 Å². The Morgan fingerprint density at radius 1 is 1.21 bits per heavy atom. The quantitative estimate of drug-likeness (QED) is 0.338. The van der Waals surface area contributed by atoms with Gasteiger partial charge in [-0.25, -0.2) is 9.79 Å². The lowest BCUT2D eigenvalue weighted by molar-refractivity contribution is -0.129. The number of hydrogen-bond donors (Lipinski definition) is 0. The molecular formula is C22H20BrNO4. The minimum absolute atomic E-state index is 0.230. The van der Waals surface area contributed by atoms with Gasteiger partial charge in [0.25, 0.3) is 0 Å². The van der Waals surface area contributed by atoms with Gasteiger partial charge in [-0.2, -0.15) is 0 Å². The average Bonchev–Trinajstić information content (AvgIpc) is 3.02. The molecule has 0 aromatic heterocycles. The van der Waals surface area contributed by atoms with Crippen LogP contribution in [-0.4, -0.2) is 25.1 Å². The third kappa shape index (κ3) is 4.89. The predicted molar refractivity (Wildman–Crippen MR) is 113 cm³/mol. The SMILES string of the molecule is C=C(C)COc1ccc(C=C2N=C(c3cccc(Br)c3)OC2=O)cc1OCC. The highest BCUT2D eigenvalue weighted by atomic mass is 79.9. The first-order chi connectivity index (χ1) is 13.5. The number of carbonyl (C=O) groups excluding carboxylic acids is 1. The summed E-state index contributed by atoms with van der Waals surface area (Å²) in [4.78, 5) is 16.6. The van der Waals surface area contributed by atoms with Gasteiger partial charge in [0, 0.05) is 10.0 Å². The zero-order valence-electron chi connectivity index (χ0n) is 15.7. The number of halogens is 1. The molecule has 2 aromatic rings. The molecule has 3 rings (SSSR count). The van der Waals surface area contributed by atoms with E-state index in [1.807, 2.05) is 50.2 Å². The summed E-state index contributed by atoms with van der Waals surface area (Å²) in [7, 11) is 0. The van der Waals surface area contributed by atoms with Gasteiger partial charge < -0.3 is 14.2 Å². The smallest absolute Gasteiger partial charge is 0.363 e. The molecule has 5 nitrogen and oxygen atoms in total. The Morgan fingerprint density at radius 3 is 2.75 bits per heavy atom. The van der Waals surface area contributed by atoms with Crippen LogP contribution in [-0.2, 0) is 9.53 Å². The molecule has 1 aliphatic rings. The highest BCUT2D eigenvalue weighted by molar-refractivity contribution is 9.10. The Morgan fingerprint density at radius 2 is 2.04 bits per heavy atom. The predicted octanol–water partition coefficient (Wildman–Crippen LogP) is 5.15. The number of nitrogens with zero attached hydrogens (tertiary/aromatic N) is 1. The van der Waals surface area contributed by atoms with Crippen LogP contribution in [0.25, 0.3) is 6.08 Å². The van der Waals surface area contributed by atoms with Gasteiger partial charge in [0.2, 0.25) is 5.90 Å². The molecule has 0 unspecified atom stereocenters. The summed E-state index contributed by atoms with van der Waals surface area (Å²) in [5.74, 6) is 1.01. The third-order valence-corrected chi connectivity index (χ3v) is 4.23. The van der Waals surface area contributed by atoms with Gasteiger partial charge in [0.05, 0.1) is 6.61 Å². The van der Waals surface area contributed by atoms with Gasteiger partial charge >= 0.3 is 5.97 Å². The molecule has 2 aromatic carbocycles. The minimum atomic E-state index is -0.490. The Bertz CT molecular complexity index is 978. The first-order valence-corrected chi connectivity index (χ1v) is 9.58. The van der Waals surface area contributed by atoms with Gasteiger partial charge in [-0.3, -0.25) is 0 Å². The Kier molecular flexibility index (Phi) is 6.31. The van der Waals surface area contributed by atoms with Crippen molar-refractivity contribution in [3.63, 3.8) is 0 Å². The van der Waals surface area contributed by atoms with E-state index in [2.05, 4.69) is 27.5 Å². The van der Waals surface area contributed by atoms with Gasteiger partial charge in [-0.15, -0.1) is 0 Å². The van der Waals surface area contributed by atoms with Gasteiger partial charge in [-0.05, 0) is 61.4 Å². The number of esters is 1. The largest absolute Gasteiger partial charge is 0.490 e. The second-order valence-electron chi connectivity index (χ2n) is 6.23. The van der Waals surface area contributed by atoms with E-state index in [1.165, 1.54) is 0 Å². The summed E-state index contributed by atoms with van der Waals surface area (Å²) >= 11 is 3.40. The van der Waals surface area contributed by atoms with Crippen LogP contribution in [0.1, 0.15) is 25.0 Å². The molecule has 0 fully saturated rings. The molecule has 0 atom stereocenters. The van der Waals surface area contributed by atoms with Crippen LogP contribution in [0.2, 0.25) is 0 Å². The maximum absolute atomic E-state index is 12.2. The van der Waals surface area contributed by atoms with Crippen molar-refractivity contribution in [3.8, 4) is 11.5 Å². The van der Waals surface area contributed by atoms with Crippen molar-refractivity contribution in [1.29, 1.82) is 0 Å². The van der Waals surface area contributed by atoms with Crippen LogP contribution in [0.4, 0.5) is 0 Å². The Balaban J connectivity index is 1.88. The van der Waals surface area contributed by atoms with Crippen molar-refractivity contribution < 1.29 is 19.0 Å². The van der Waals surface area contributed by atoms with E-state index in [4.69, 9.17) is 14.2 Å². The van der Waals surface area contributed by atoms with Crippen molar-refractivity contribution >= 4 is 33.9 Å². The summed E-state index contributed by atoms with van der Waals surface area (Å²) in [6.07, 6.45) is 1.67. The van der Waals surface area contributed by atoms with E-state index in [0.29, 0.717) is 24.7 Å². The number of hydrogen-bond acceptors (Lipinski definition) is 5. The van der Waals surface area contributed by atoms with E-state index < -0.39 is 5.97 Å². The molecule has 0 spiro atoms. The van der Waals surface area contributed by atoms with Crippen LogP contribution in [0.5, 0.6) is 11.5 Å². The highest BCUT2D eigenvalue weighted by Gasteiger charge is 2.24. The zero-order valence-corrected chi connectivity index (χ0v) is 17.3. The molecule has 28 heavy (non-hydrogen) atoms. The van der Waals surface area contributed by atoms with E-state index in [1.54, 1.807) is 12.1 Å².